The molecule has 2 heterocycles. The van der Waals surface area contributed by atoms with Crippen molar-refractivity contribution < 1.29 is 9.53 Å². The van der Waals surface area contributed by atoms with Crippen LogP contribution < -0.4 is 10.6 Å². The molecule has 0 bridgehead atoms. The number of esters is 1. The first-order valence-electron chi connectivity index (χ1n) is 5.87. The van der Waals surface area contributed by atoms with E-state index < -0.39 is 5.97 Å². The quantitative estimate of drug-likeness (QED) is 0.630. The number of aromatic nitrogens is 2. The molecular weight excluding hydrogens is 256 g/mol. The SMILES string of the molecule is CCOC(=O)c1cnc(Cl)nc1NC1CCNC1. The molecule has 1 aromatic heterocycles. The minimum atomic E-state index is -0.442. The maximum absolute atomic E-state index is 11.7. The summed E-state index contributed by atoms with van der Waals surface area (Å²) in [6.45, 7) is 3.85. The molecule has 2 N–H and O–H groups in total. The Morgan fingerprint density at radius 2 is 2.56 bits per heavy atom. The van der Waals surface area contributed by atoms with Gasteiger partial charge in [-0.25, -0.2) is 9.78 Å². The molecule has 0 aliphatic carbocycles. The molecule has 2 rings (SSSR count). The van der Waals surface area contributed by atoms with Crippen molar-refractivity contribution in [3.63, 3.8) is 0 Å². The first-order chi connectivity index (χ1) is 8.70. The largest absolute Gasteiger partial charge is 0.462 e. The first-order valence-corrected chi connectivity index (χ1v) is 6.25. The lowest BCUT2D eigenvalue weighted by molar-refractivity contribution is 0.0526. The van der Waals surface area contributed by atoms with Crippen LogP contribution in [0, 0.1) is 0 Å². The van der Waals surface area contributed by atoms with Crippen molar-refractivity contribution in [3.8, 4) is 0 Å². The molecule has 6 nitrogen and oxygen atoms in total. The van der Waals surface area contributed by atoms with Gasteiger partial charge in [0.2, 0.25) is 5.28 Å². The summed E-state index contributed by atoms with van der Waals surface area (Å²) in [5, 5.41) is 6.52. The van der Waals surface area contributed by atoms with Crippen LogP contribution >= 0.6 is 11.6 Å². The van der Waals surface area contributed by atoms with Crippen LogP contribution in [0.25, 0.3) is 0 Å². The van der Waals surface area contributed by atoms with Crippen molar-refractivity contribution in [2.24, 2.45) is 0 Å². The van der Waals surface area contributed by atoms with Gasteiger partial charge in [-0.1, -0.05) is 0 Å². The summed E-state index contributed by atoms with van der Waals surface area (Å²) in [5.74, 6) is -0.00947. The molecule has 1 unspecified atom stereocenters. The third-order valence-electron chi connectivity index (χ3n) is 2.66. The van der Waals surface area contributed by atoms with Gasteiger partial charge in [0.05, 0.1) is 6.61 Å². The number of nitrogens with zero attached hydrogens (tertiary/aromatic N) is 2. The van der Waals surface area contributed by atoms with Crippen LogP contribution in [0.3, 0.4) is 0 Å². The number of rotatable bonds is 4. The maximum atomic E-state index is 11.7. The first kappa shape index (κ1) is 13.0. The molecule has 0 aromatic carbocycles. The van der Waals surface area contributed by atoms with E-state index in [0.29, 0.717) is 18.0 Å². The van der Waals surface area contributed by atoms with E-state index in [1.165, 1.54) is 6.20 Å². The molecule has 18 heavy (non-hydrogen) atoms. The number of carbonyl (C=O) groups excluding carboxylic acids is 1. The fraction of sp³-hybridized carbons (Fsp3) is 0.545. The zero-order chi connectivity index (χ0) is 13.0. The highest BCUT2D eigenvalue weighted by atomic mass is 35.5. The zero-order valence-electron chi connectivity index (χ0n) is 10.1. The van der Waals surface area contributed by atoms with Crippen molar-refractivity contribution in [2.45, 2.75) is 19.4 Å². The number of ether oxygens (including phenoxy) is 1. The molecule has 0 saturated carbocycles. The molecule has 1 aromatic rings. The lowest BCUT2D eigenvalue weighted by Crippen LogP contribution is -2.24. The molecule has 1 aliphatic rings. The summed E-state index contributed by atoms with van der Waals surface area (Å²) in [6.07, 6.45) is 2.36. The molecule has 1 saturated heterocycles. The second-order valence-electron chi connectivity index (χ2n) is 3.96. The third-order valence-corrected chi connectivity index (χ3v) is 2.84. The highest BCUT2D eigenvalue weighted by Crippen LogP contribution is 2.17. The van der Waals surface area contributed by atoms with E-state index in [0.717, 1.165) is 19.5 Å². The molecule has 1 aliphatic heterocycles. The van der Waals surface area contributed by atoms with Gasteiger partial charge < -0.3 is 15.4 Å². The number of carbonyl (C=O) groups is 1. The number of hydrogen-bond acceptors (Lipinski definition) is 6. The van der Waals surface area contributed by atoms with Crippen LogP contribution in [0.4, 0.5) is 5.82 Å². The Hall–Kier alpha value is -1.40. The second-order valence-corrected chi connectivity index (χ2v) is 4.29. The van der Waals surface area contributed by atoms with Crippen LogP contribution in [-0.2, 0) is 4.74 Å². The van der Waals surface area contributed by atoms with Gasteiger partial charge in [-0.15, -0.1) is 0 Å². The van der Waals surface area contributed by atoms with E-state index >= 15 is 0 Å². The Morgan fingerprint density at radius 3 is 3.22 bits per heavy atom. The van der Waals surface area contributed by atoms with Gasteiger partial charge in [-0.2, -0.15) is 4.98 Å². The fourth-order valence-corrected chi connectivity index (χ4v) is 1.93. The lowest BCUT2D eigenvalue weighted by atomic mass is 10.2. The van der Waals surface area contributed by atoms with Crippen LogP contribution in [-0.4, -0.2) is 41.7 Å². The van der Waals surface area contributed by atoms with Gasteiger partial charge in [-0.05, 0) is 31.5 Å². The molecule has 0 radical (unpaired) electrons. The summed E-state index contributed by atoms with van der Waals surface area (Å²) in [4.78, 5) is 19.6. The van der Waals surface area contributed by atoms with E-state index in [4.69, 9.17) is 16.3 Å². The van der Waals surface area contributed by atoms with Crippen LogP contribution in [0.2, 0.25) is 5.28 Å². The third kappa shape index (κ3) is 3.08. The highest BCUT2D eigenvalue weighted by Gasteiger charge is 2.20. The average Bonchev–Trinajstić information content (AvgIpc) is 2.82. The van der Waals surface area contributed by atoms with E-state index in [9.17, 15) is 4.79 Å². The van der Waals surface area contributed by atoms with E-state index in [2.05, 4.69) is 20.6 Å². The summed E-state index contributed by atoms with van der Waals surface area (Å²) in [5.41, 5.74) is 0.313. The predicted octanol–water partition coefficient (Wildman–Crippen LogP) is 1.08. The lowest BCUT2D eigenvalue weighted by Gasteiger charge is -2.14. The average molecular weight is 271 g/mol. The number of anilines is 1. The second kappa shape index (κ2) is 5.97. The van der Waals surface area contributed by atoms with Crippen LogP contribution in [0.15, 0.2) is 6.20 Å². The minimum Gasteiger partial charge on any atom is -0.462 e. The summed E-state index contributed by atoms with van der Waals surface area (Å²) in [7, 11) is 0. The Balaban J connectivity index is 2.19. The zero-order valence-corrected chi connectivity index (χ0v) is 10.8. The van der Waals surface area contributed by atoms with Crippen molar-refractivity contribution in [2.75, 3.05) is 25.0 Å². The standard InChI is InChI=1S/C11H15ClN4O2/c1-2-18-10(17)8-6-14-11(12)16-9(8)15-7-3-4-13-5-7/h6-7,13H,2-5H2,1H3,(H,14,15,16). The van der Waals surface area contributed by atoms with E-state index in [1.807, 2.05) is 0 Å². The Morgan fingerprint density at radius 1 is 1.72 bits per heavy atom. The molecule has 0 spiro atoms. The molecule has 98 valence electrons. The van der Waals surface area contributed by atoms with Gasteiger partial charge in [0, 0.05) is 18.8 Å². The fourth-order valence-electron chi connectivity index (χ4n) is 1.80. The number of halogens is 1. The van der Waals surface area contributed by atoms with Gasteiger partial charge in [0.15, 0.2) is 0 Å². The topological polar surface area (TPSA) is 76.1 Å². The molecule has 1 atom stereocenters. The van der Waals surface area contributed by atoms with Crippen LogP contribution in [0.5, 0.6) is 0 Å². The molecule has 0 amide bonds. The van der Waals surface area contributed by atoms with Crippen molar-refractivity contribution in [1.29, 1.82) is 0 Å². The number of hydrogen-bond donors (Lipinski definition) is 2. The molecule has 7 heteroatoms. The predicted molar refractivity (Wildman–Crippen MR) is 67.9 cm³/mol. The monoisotopic (exact) mass is 270 g/mol. The number of nitrogens with one attached hydrogen (secondary N) is 2. The van der Waals surface area contributed by atoms with Crippen LogP contribution in [0.1, 0.15) is 23.7 Å². The van der Waals surface area contributed by atoms with Gasteiger partial charge in [0.1, 0.15) is 11.4 Å². The molecule has 1 fully saturated rings. The summed E-state index contributed by atoms with van der Waals surface area (Å²) >= 11 is 5.75. The van der Waals surface area contributed by atoms with Gasteiger partial charge >= 0.3 is 5.97 Å². The van der Waals surface area contributed by atoms with Crippen molar-refractivity contribution >= 4 is 23.4 Å². The summed E-state index contributed by atoms with van der Waals surface area (Å²) < 4.78 is 4.96. The van der Waals surface area contributed by atoms with E-state index in [-0.39, 0.29) is 11.3 Å². The highest BCUT2D eigenvalue weighted by molar-refractivity contribution is 6.28. The molecular formula is C11H15ClN4O2. The Labute approximate surface area is 110 Å². The maximum Gasteiger partial charge on any atom is 0.343 e. The Kier molecular flexibility index (Phi) is 4.33. The smallest absolute Gasteiger partial charge is 0.343 e. The van der Waals surface area contributed by atoms with Crippen molar-refractivity contribution in [1.82, 2.24) is 15.3 Å². The Bertz CT molecular complexity index is 435. The minimum absolute atomic E-state index is 0.108. The van der Waals surface area contributed by atoms with E-state index in [1.54, 1.807) is 6.92 Å². The van der Waals surface area contributed by atoms with Crippen molar-refractivity contribution in [3.05, 3.63) is 17.0 Å². The normalized spacial score (nSPS) is 18.7. The summed E-state index contributed by atoms with van der Waals surface area (Å²) in [6, 6.07) is 0.240. The van der Waals surface area contributed by atoms with Gasteiger partial charge in [-0.3, -0.25) is 0 Å². The van der Waals surface area contributed by atoms with Gasteiger partial charge in [0.25, 0.3) is 0 Å².